The van der Waals surface area contributed by atoms with E-state index in [1.165, 1.54) is 11.8 Å². The average Bonchev–Trinajstić information content (AvgIpc) is 3.21. The van der Waals surface area contributed by atoms with Gasteiger partial charge in [0.05, 0.1) is 35.8 Å². The molecule has 2 saturated heterocycles. The molecule has 192 valence electrons. The molecule has 4 heterocycles. The molecule has 0 saturated carbocycles. The highest BCUT2D eigenvalue weighted by Gasteiger charge is 2.74. The highest BCUT2D eigenvalue weighted by atomic mass is 32.2. The van der Waals surface area contributed by atoms with Crippen LogP contribution in [0.3, 0.4) is 0 Å². The van der Waals surface area contributed by atoms with Crippen molar-refractivity contribution in [2.75, 3.05) is 19.8 Å². The van der Waals surface area contributed by atoms with Crippen LogP contribution in [0.5, 0.6) is 0 Å². The van der Waals surface area contributed by atoms with Gasteiger partial charge in [0.2, 0.25) is 11.8 Å². The number of aliphatic hydroxyl groups is 1. The van der Waals surface area contributed by atoms with E-state index in [1.807, 2.05) is 49.4 Å². The Labute approximate surface area is 216 Å². The monoisotopic (exact) mass is 510 g/mol. The lowest BCUT2D eigenvalue weighted by atomic mass is 9.74. The second kappa shape index (κ2) is 9.71. The molecule has 6 atom stereocenters. The minimum absolute atomic E-state index is 0.155. The first kappa shape index (κ1) is 25.1. The van der Waals surface area contributed by atoms with Crippen molar-refractivity contribution in [3.63, 3.8) is 0 Å². The van der Waals surface area contributed by atoms with Gasteiger partial charge in [-0.15, -0.1) is 11.8 Å². The SMILES string of the molecule is C[C@H](CO)N1C(=O)[C@@H]2[C@H]3C(=O)OCCCC/C=C\[C@@]3(C)S[C@@]23C=CCN(Cc2ccccc2)C(=O)C13. The number of cyclic esters (lactones) is 1. The van der Waals surface area contributed by atoms with Crippen molar-refractivity contribution in [2.24, 2.45) is 11.8 Å². The number of carbonyl (C=O) groups is 3. The smallest absolute Gasteiger partial charge is 0.311 e. The number of hydrogen-bond donors (Lipinski definition) is 1. The molecule has 1 spiro atoms. The van der Waals surface area contributed by atoms with E-state index in [2.05, 4.69) is 12.2 Å². The van der Waals surface area contributed by atoms with Crippen molar-refractivity contribution in [1.82, 2.24) is 9.80 Å². The van der Waals surface area contributed by atoms with Gasteiger partial charge in [0.25, 0.3) is 0 Å². The third-order valence-electron chi connectivity index (χ3n) is 7.98. The summed E-state index contributed by atoms with van der Waals surface area (Å²) in [4.78, 5) is 45.2. The number of esters is 1. The summed E-state index contributed by atoms with van der Waals surface area (Å²) in [6, 6.07) is 8.40. The van der Waals surface area contributed by atoms with Crippen LogP contribution in [0.15, 0.2) is 54.6 Å². The van der Waals surface area contributed by atoms with Crippen LogP contribution in [0.2, 0.25) is 0 Å². The van der Waals surface area contributed by atoms with Gasteiger partial charge in [0.15, 0.2) is 0 Å². The normalized spacial score (nSPS) is 36.0. The predicted molar refractivity (Wildman–Crippen MR) is 138 cm³/mol. The molecule has 1 unspecified atom stereocenters. The zero-order valence-electron chi connectivity index (χ0n) is 20.8. The molecule has 7 nitrogen and oxygen atoms in total. The van der Waals surface area contributed by atoms with E-state index in [-0.39, 0.29) is 24.4 Å². The molecule has 0 aromatic heterocycles. The maximum Gasteiger partial charge on any atom is 0.311 e. The Kier molecular flexibility index (Phi) is 6.76. The van der Waals surface area contributed by atoms with E-state index in [1.54, 1.807) is 16.7 Å². The van der Waals surface area contributed by atoms with Gasteiger partial charge in [-0.2, -0.15) is 0 Å². The predicted octanol–water partition coefficient (Wildman–Crippen LogP) is 2.94. The van der Waals surface area contributed by atoms with E-state index in [0.717, 1.165) is 24.8 Å². The number of hydrogen-bond acceptors (Lipinski definition) is 6. The minimum atomic E-state index is -0.931. The van der Waals surface area contributed by atoms with Crippen LogP contribution in [0.4, 0.5) is 0 Å². The summed E-state index contributed by atoms with van der Waals surface area (Å²) in [5, 5.41) is 10.1. The Morgan fingerprint density at radius 1 is 1.08 bits per heavy atom. The summed E-state index contributed by atoms with van der Waals surface area (Å²) in [7, 11) is 0. The molecule has 1 aromatic rings. The molecule has 0 bridgehead atoms. The lowest BCUT2D eigenvalue weighted by Gasteiger charge is -2.39. The second-order valence-corrected chi connectivity index (χ2v) is 12.2. The summed E-state index contributed by atoms with van der Waals surface area (Å²) >= 11 is 1.54. The number of aliphatic hydroxyl groups excluding tert-OH is 1. The Morgan fingerprint density at radius 3 is 2.61 bits per heavy atom. The Bertz CT molecular complexity index is 1090. The molecular formula is C28H34N2O5S. The highest BCUT2D eigenvalue weighted by molar-refractivity contribution is 8.02. The van der Waals surface area contributed by atoms with Crippen LogP contribution >= 0.6 is 11.8 Å². The summed E-state index contributed by atoms with van der Waals surface area (Å²) in [6.45, 7) is 4.64. The lowest BCUT2D eigenvalue weighted by Crippen LogP contribution is -2.56. The van der Waals surface area contributed by atoms with Crippen LogP contribution in [0, 0.1) is 11.8 Å². The number of rotatable bonds is 4. The third kappa shape index (κ3) is 3.98. The number of carbonyl (C=O) groups excluding carboxylic acids is 3. The van der Waals surface area contributed by atoms with Gasteiger partial charge in [0, 0.05) is 17.8 Å². The van der Waals surface area contributed by atoms with Gasteiger partial charge >= 0.3 is 5.97 Å². The fourth-order valence-electron chi connectivity index (χ4n) is 6.29. The number of amides is 2. The molecule has 0 radical (unpaired) electrons. The van der Waals surface area contributed by atoms with E-state index < -0.39 is 33.4 Å². The number of nitrogens with zero attached hydrogens (tertiary/aromatic N) is 2. The number of thioether (sulfide) groups is 1. The van der Waals surface area contributed by atoms with E-state index >= 15 is 0 Å². The van der Waals surface area contributed by atoms with Crippen LogP contribution in [-0.2, 0) is 25.7 Å². The molecule has 1 aromatic carbocycles. The molecule has 8 heteroatoms. The number of fused-ring (bicyclic) bond motifs is 2. The molecule has 4 aliphatic rings. The van der Waals surface area contributed by atoms with Gasteiger partial charge in [0.1, 0.15) is 6.04 Å². The zero-order chi connectivity index (χ0) is 25.5. The van der Waals surface area contributed by atoms with Crippen molar-refractivity contribution >= 4 is 29.5 Å². The molecule has 4 aliphatic heterocycles. The number of benzene rings is 1. The van der Waals surface area contributed by atoms with Crippen molar-refractivity contribution < 1.29 is 24.2 Å². The first-order chi connectivity index (χ1) is 17.3. The summed E-state index contributed by atoms with van der Waals surface area (Å²) < 4.78 is 4.06. The molecule has 0 aliphatic carbocycles. The maximum absolute atomic E-state index is 14.2. The van der Waals surface area contributed by atoms with Gasteiger partial charge in [-0.05, 0) is 38.7 Å². The molecule has 36 heavy (non-hydrogen) atoms. The van der Waals surface area contributed by atoms with Crippen LogP contribution < -0.4 is 0 Å². The topological polar surface area (TPSA) is 87.2 Å². The lowest BCUT2D eigenvalue weighted by molar-refractivity contribution is -0.154. The number of allylic oxidation sites excluding steroid dienone is 1. The van der Waals surface area contributed by atoms with Crippen molar-refractivity contribution in [2.45, 2.75) is 61.2 Å². The fourth-order valence-corrected chi connectivity index (χ4v) is 8.43. The summed E-state index contributed by atoms with van der Waals surface area (Å²) in [5.74, 6) is -2.27. The average molecular weight is 511 g/mol. The maximum atomic E-state index is 14.2. The minimum Gasteiger partial charge on any atom is -0.465 e. The van der Waals surface area contributed by atoms with Gasteiger partial charge < -0.3 is 19.6 Å². The van der Waals surface area contributed by atoms with Gasteiger partial charge in [-0.1, -0.05) is 54.6 Å². The highest BCUT2D eigenvalue weighted by Crippen LogP contribution is 2.65. The zero-order valence-corrected chi connectivity index (χ0v) is 21.7. The van der Waals surface area contributed by atoms with Crippen LogP contribution in [0.25, 0.3) is 0 Å². The van der Waals surface area contributed by atoms with Crippen molar-refractivity contribution in [1.29, 1.82) is 0 Å². The quantitative estimate of drug-likeness (QED) is 0.495. The largest absolute Gasteiger partial charge is 0.465 e. The molecular weight excluding hydrogens is 476 g/mol. The Balaban J connectivity index is 1.61. The van der Waals surface area contributed by atoms with Crippen molar-refractivity contribution in [3.8, 4) is 0 Å². The van der Waals surface area contributed by atoms with E-state index in [4.69, 9.17) is 4.74 Å². The molecule has 2 amide bonds. The van der Waals surface area contributed by atoms with Gasteiger partial charge in [-0.3, -0.25) is 14.4 Å². The molecule has 5 rings (SSSR count). The summed E-state index contributed by atoms with van der Waals surface area (Å²) in [6.07, 6.45) is 10.7. The van der Waals surface area contributed by atoms with E-state index in [9.17, 15) is 19.5 Å². The van der Waals surface area contributed by atoms with Crippen LogP contribution in [0.1, 0.15) is 38.7 Å². The van der Waals surface area contributed by atoms with E-state index in [0.29, 0.717) is 19.7 Å². The standard InChI is InChI=1S/C28H34N2O5S/c1-19(18-31)30-23-25(33)29(17-20-11-6-5-7-12-20)15-10-14-28(23)21(24(30)32)22-26(34)35-16-9-4-3-8-13-27(22,2)36-28/h5-8,10-14,19,21-23,31H,3-4,9,15-18H2,1-2H3/b13-8-/t19-,21+,22+,23?,27-,28+/m1/s1. The molecule has 2 fully saturated rings. The summed E-state index contributed by atoms with van der Waals surface area (Å²) in [5.41, 5.74) is 1.00. The number of likely N-dealkylation sites (tertiary alicyclic amines) is 1. The van der Waals surface area contributed by atoms with Crippen LogP contribution in [-0.4, -0.2) is 74.0 Å². The number of ether oxygens (including phenoxy) is 1. The first-order valence-corrected chi connectivity index (χ1v) is 13.6. The first-order valence-electron chi connectivity index (χ1n) is 12.8. The molecule has 1 N–H and O–H groups in total. The third-order valence-corrected chi connectivity index (χ3v) is 9.77. The fraction of sp³-hybridized carbons (Fsp3) is 0.536. The van der Waals surface area contributed by atoms with Crippen molar-refractivity contribution in [3.05, 3.63) is 60.2 Å². The Hall–Kier alpha value is -2.58. The second-order valence-electron chi connectivity index (χ2n) is 10.4. The van der Waals surface area contributed by atoms with Gasteiger partial charge in [-0.25, -0.2) is 0 Å². The Morgan fingerprint density at radius 2 is 1.86 bits per heavy atom.